The summed E-state index contributed by atoms with van der Waals surface area (Å²) < 4.78 is 1.62. The predicted molar refractivity (Wildman–Crippen MR) is 74.8 cm³/mol. The summed E-state index contributed by atoms with van der Waals surface area (Å²) in [6, 6.07) is 3.76. The maximum Gasteiger partial charge on any atom is 0.259 e. The van der Waals surface area contributed by atoms with Gasteiger partial charge in [-0.05, 0) is 18.6 Å². The Balaban J connectivity index is 1.58. The fourth-order valence-electron chi connectivity index (χ4n) is 2.84. The highest BCUT2D eigenvalue weighted by Gasteiger charge is 2.30. The Morgan fingerprint density at radius 1 is 1.38 bits per heavy atom. The topological polar surface area (TPSA) is 79.2 Å². The molecule has 1 aliphatic rings. The molecule has 0 radical (unpaired) electrons. The lowest BCUT2D eigenvalue weighted by Gasteiger charge is -2.15. The molecule has 1 aliphatic heterocycles. The van der Waals surface area contributed by atoms with Gasteiger partial charge in [0.05, 0.1) is 6.20 Å². The molecule has 0 saturated carbocycles. The minimum Gasteiger partial charge on any atom is -0.338 e. The number of nitrogens with zero attached hydrogens (tertiary/aromatic N) is 5. The number of H-pyrrole nitrogens is 1. The van der Waals surface area contributed by atoms with Crippen molar-refractivity contribution in [3.63, 3.8) is 0 Å². The van der Waals surface area contributed by atoms with Gasteiger partial charge in [0.2, 0.25) is 0 Å². The molecule has 7 nitrogen and oxygen atoms in total. The Morgan fingerprint density at radius 2 is 2.33 bits per heavy atom. The summed E-state index contributed by atoms with van der Waals surface area (Å²) >= 11 is 0. The third kappa shape index (κ3) is 1.97. The van der Waals surface area contributed by atoms with E-state index in [-0.39, 0.29) is 5.91 Å². The molecule has 0 bridgehead atoms. The maximum absolute atomic E-state index is 12.6. The lowest BCUT2D eigenvalue weighted by molar-refractivity contribution is 0.0792. The van der Waals surface area contributed by atoms with Gasteiger partial charge in [-0.25, -0.2) is 9.50 Å². The third-order valence-electron chi connectivity index (χ3n) is 3.95. The Labute approximate surface area is 120 Å². The van der Waals surface area contributed by atoms with Crippen LogP contribution in [0.5, 0.6) is 0 Å². The van der Waals surface area contributed by atoms with Crippen molar-refractivity contribution in [1.29, 1.82) is 0 Å². The Kier molecular flexibility index (Phi) is 2.70. The first-order valence-electron chi connectivity index (χ1n) is 6.90. The summed E-state index contributed by atoms with van der Waals surface area (Å²) in [7, 11) is 0. The van der Waals surface area contributed by atoms with Gasteiger partial charge in [-0.2, -0.15) is 10.2 Å². The lowest BCUT2D eigenvalue weighted by Crippen LogP contribution is -2.28. The number of fused-ring (bicyclic) bond motifs is 1. The fraction of sp³-hybridized carbons (Fsp3) is 0.286. The maximum atomic E-state index is 12.6. The highest BCUT2D eigenvalue weighted by atomic mass is 16.2. The van der Waals surface area contributed by atoms with Crippen LogP contribution in [0.15, 0.2) is 36.9 Å². The van der Waals surface area contributed by atoms with Gasteiger partial charge in [-0.3, -0.25) is 9.89 Å². The molecule has 3 aromatic rings. The minimum absolute atomic E-state index is 0.00860. The van der Waals surface area contributed by atoms with Crippen molar-refractivity contribution < 1.29 is 4.79 Å². The van der Waals surface area contributed by atoms with Crippen LogP contribution >= 0.6 is 0 Å². The molecule has 1 amide bonds. The van der Waals surface area contributed by atoms with Gasteiger partial charge in [0.1, 0.15) is 5.56 Å². The Hall–Kier alpha value is -2.70. The van der Waals surface area contributed by atoms with Crippen molar-refractivity contribution in [1.82, 2.24) is 29.7 Å². The highest BCUT2D eigenvalue weighted by Crippen LogP contribution is 2.27. The van der Waals surface area contributed by atoms with Crippen molar-refractivity contribution >= 4 is 11.6 Å². The second kappa shape index (κ2) is 4.69. The molecule has 0 spiro atoms. The summed E-state index contributed by atoms with van der Waals surface area (Å²) in [6.45, 7) is 1.44. The molecule has 3 aromatic heterocycles. The number of hydrogen-bond acceptors (Lipinski definition) is 4. The number of carbonyl (C=O) groups excluding carboxylic acids is 1. The molecule has 1 saturated heterocycles. The van der Waals surface area contributed by atoms with Gasteiger partial charge in [0, 0.05) is 43.3 Å². The molecule has 21 heavy (non-hydrogen) atoms. The quantitative estimate of drug-likeness (QED) is 0.763. The SMILES string of the molecule is O=C(c1cnn2cccnc12)N1CCC(c2ccn[nH]2)C1. The van der Waals surface area contributed by atoms with Gasteiger partial charge < -0.3 is 4.90 Å². The van der Waals surface area contributed by atoms with Crippen LogP contribution in [-0.2, 0) is 0 Å². The summed E-state index contributed by atoms with van der Waals surface area (Å²) in [5.41, 5.74) is 2.25. The van der Waals surface area contributed by atoms with Crippen molar-refractivity contribution in [2.75, 3.05) is 13.1 Å². The highest BCUT2D eigenvalue weighted by molar-refractivity contribution is 5.99. The van der Waals surface area contributed by atoms with Crippen molar-refractivity contribution in [2.45, 2.75) is 12.3 Å². The molecular formula is C14H14N6O. The molecular weight excluding hydrogens is 268 g/mol. The van der Waals surface area contributed by atoms with Crippen LogP contribution < -0.4 is 0 Å². The van der Waals surface area contributed by atoms with Crippen molar-refractivity contribution in [3.8, 4) is 0 Å². The number of likely N-dealkylation sites (tertiary alicyclic amines) is 1. The molecule has 4 heterocycles. The van der Waals surface area contributed by atoms with Crippen LogP contribution in [-0.4, -0.2) is 48.7 Å². The number of nitrogens with one attached hydrogen (secondary N) is 1. The number of hydrogen-bond donors (Lipinski definition) is 1. The van der Waals surface area contributed by atoms with E-state index in [1.165, 1.54) is 0 Å². The van der Waals surface area contributed by atoms with Crippen LogP contribution in [0.25, 0.3) is 5.65 Å². The van der Waals surface area contributed by atoms with Crippen LogP contribution in [0, 0.1) is 0 Å². The molecule has 1 N–H and O–H groups in total. The summed E-state index contributed by atoms with van der Waals surface area (Å²) in [5.74, 6) is 0.317. The summed E-state index contributed by atoms with van der Waals surface area (Å²) in [5, 5.41) is 11.1. The second-order valence-corrected chi connectivity index (χ2v) is 5.19. The van der Waals surface area contributed by atoms with E-state index in [0.717, 1.165) is 18.7 Å². The molecule has 4 rings (SSSR count). The smallest absolute Gasteiger partial charge is 0.259 e. The molecule has 1 fully saturated rings. The fourth-order valence-corrected chi connectivity index (χ4v) is 2.84. The number of carbonyl (C=O) groups is 1. The normalized spacial score (nSPS) is 18.5. The van der Waals surface area contributed by atoms with E-state index in [1.807, 2.05) is 11.0 Å². The van der Waals surface area contributed by atoms with Gasteiger partial charge in [0.25, 0.3) is 5.91 Å². The van der Waals surface area contributed by atoms with E-state index in [2.05, 4.69) is 20.3 Å². The Morgan fingerprint density at radius 3 is 3.19 bits per heavy atom. The standard InChI is InChI=1S/C14H14N6O/c21-14(11-8-17-20-6-1-4-15-13(11)20)19-7-3-10(9-19)12-2-5-16-18-12/h1-2,4-6,8,10H,3,7,9H2,(H,16,18). The first-order chi connectivity index (χ1) is 10.3. The number of amides is 1. The molecule has 0 aliphatic carbocycles. The summed E-state index contributed by atoms with van der Waals surface area (Å²) in [4.78, 5) is 18.7. The van der Waals surface area contributed by atoms with Gasteiger partial charge in [0.15, 0.2) is 5.65 Å². The number of rotatable bonds is 2. The van der Waals surface area contributed by atoms with Gasteiger partial charge in [-0.15, -0.1) is 0 Å². The monoisotopic (exact) mass is 282 g/mol. The zero-order chi connectivity index (χ0) is 14.2. The molecule has 106 valence electrons. The number of aromatic nitrogens is 5. The first-order valence-corrected chi connectivity index (χ1v) is 6.90. The van der Waals surface area contributed by atoms with Gasteiger partial charge >= 0.3 is 0 Å². The van der Waals surface area contributed by atoms with Crippen LogP contribution in [0.2, 0.25) is 0 Å². The molecule has 7 heteroatoms. The van der Waals surface area contributed by atoms with Gasteiger partial charge in [-0.1, -0.05) is 0 Å². The van der Waals surface area contributed by atoms with E-state index < -0.39 is 0 Å². The average Bonchev–Trinajstić information content (AvgIpc) is 3.25. The van der Waals surface area contributed by atoms with E-state index in [9.17, 15) is 4.79 Å². The Bertz CT molecular complexity index is 778. The lowest BCUT2D eigenvalue weighted by atomic mass is 10.1. The van der Waals surface area contributed by atoms with E-state index in [4.69, 9.17) is 0 Å². The zero-order valence-corrected chi connectivity index (χ0v) is 11.3. The predicted octanol–water partition coefficient (Wildman–Crippen LogP) is 1.08. The zero-order valence-electron chi connectivity index (χ0n) is 11.3. The molecule has 1 unspecified atom stereocenters. The second-order valence-electron chi connectivity index (χ2n) is 5.19. The van der Waals surface area contributed by atoms with Crippen LogP contribution in [0.4, 0.5) is 0 Å². The molecule has 0 aromatic carbocycles. The van der Waals surface area contributed by atoms with E-state index in [1.54, 1.807) is 35.4 Å². The molecule has 1 atom stereocenters. The van der Waals surface area contributed by atoms with E-state index in [0.29, 0.717) is 23.7 Å². The largest absolute Gasteiger partial charge is 0.338 e. The number of aromatic amines is 1. The summed E-state index contributed by atoms with van der Waals surface area (Å²) in [6.07, 6.45) is 7.74. The minimum atomic E-state index is -0.00860. The van der Waals surface area contributed by atoms with Crippen LogP contribution in [0.3, 0.4) is 0 Å². The average molecular weight is 282 g/mol. The van der Waals surface area contributed by atoms with Crippen molar-refractivity contribution in [2.24, 2.45) is 0 Å². The van der Waals surface area contributed by atoms with E-state index >= 15 is 0 Å². The third-order valence-corrected chi connectivity index (χ3v) is 3.95. The van der Waals surface area contributed by atoms with Crippen LogP contribution in [0.1, 0.15) is 28.4 Å². The first kappa shape index (κ1) is 12.1. The van der Waals surface area contributed by atoms with Crippen molar-refractivity contribution in [3.05, 3.63) is 48.2 Å².